The van der Waals surface area contributed by atoms with Crippen molar-refractivity contribution in [2.45, 2.75) is 25.9 Å². The van der Waals surface area contributed by atoms with Crippen LogP contribution in [0.5, 0.6) is 0 Å². The van der Waals surface area contributed by atoms with Gasteiger partial charge in [-0.2, -0.15) is 0 Å². The van der Waals surface area contributed by atoms with Gasteiger partial charge >= 0.3 is 5.97 Å². The van der Waals surface area contributed by atoms with E-state index in [0.29, 0.717) is 19.4 Å². The molecule has 1 saturated heterocycles. The van der Waals surface area contributed by atoms with Gasteiger partial charge in [0, 0.05) is 13.0 Å². The lowest BCUT2D eigenvalue weighted by molar-refractivity contribution is -0.159. The van der Waals surface area contributed by atoms with Gasteiger partial charge in [0.05, 0.1) is 13.2 Å². The number of hydrogen-bond donors (Lipinski definition) is 1. The van der Waals surface area contributed by atoms with E-state index >= 15 is 0 Å². The molecule has 0 saturated carbocycles. The van der Waals surface area contributed by atoms with Gasteiger partial charge in [0.15, 0.2) is 6.10 Å². The van der Waals surface area contributed by atoms with E-state index in [1.807, 2.05) is 13.0 Å². The molecule has 1 heterocycles. The van der Waals surface area contributed by atoms with E-state index in [4.69, 9.17) is 9.84 Å². The van der Waals surface area contributed by atoms with Crippen molar-refractivity contribution >= 4 is 11.9 Å². The molecule has 0 spiro atoms. The molecule has 120 valence electrons. The van der Waals surface area contributed by atoms with E-state index in [9.17, 15) is 14.0 Å². The van der Waals surface area contributed by atoms with Crippen molar-refractivity contribution in [3.05, 3.63) is 35.6 Å². The Balaban J connectivity index is 1.86. The van der Waals surface area contributed by atoms with Gasteiger partial charge in [-0.3, -0.25) is 4.79 Å². The lowest BCUT2D eigenvalue weighted by Crippen LogP contribution is -2.48. The van der Waals surface area contributed by atoms with Gasteiger partial charge in [0.2, 0.25) is 5.91 Å². The van der Waals surface area contributed by atoms with E-state index in [1.165, 1.54) is 17.0 Å². The molecule has 1 fully saturated rings. The zero-order chi connectivity index (χ0) is 16.1. The second kappa shape index (κ2) is 7.35. The molecule has 0 aromatic heterocycles. The predicted octanol–water partition coefficient (Wildman–Crippen LogP) is 1.71. The average molecular weight is 309 g/mol. The number of nitrogens with zero attached hydrogens (tertiary/aromatic N) is 1. The lowest BCUT2D eigenvalue weighted by Gasteiger charge is -2.31. The number of ether oxygens (including phenoxy) is 1. The van der Waals surface area contributed by atoms with Crippen LogP contribution in [0.2, 0.25) is 0 Å². The van der Waals surface area contributed by atoms with Gasteiger partial charge in [-0.1, -0.05) is 19.1 Å². The maximum Gasteiger partial charge on any atom is 0.334 e. The number of carboxylic acids is 1. The molecule has 1 aromatic carbocycles. The van der Waals surface area contributed by atoms with Gasteiger partial charge in [-0.05, 0) is 30.0 Å². The highest BCUT2D eigenvalue weighted by Gasteiger charge is 2.29. The van der Waals surface area contributed by atoms with Crippen LogP contribution in [0.25, 0.3) is 0 Å². The van der Waals surface area contributed by atoms with Crippen LogP contribution >= 0.6 is 0 Å². The number of rotatable bonds is 5. The molecular formula is C16H20FNO4. The molecule has 1 aromatic rings. The summed E-state index contributed by atoms with van der Waals surface area (Å²) in [5.74, 6) is -1.36. The van der Waals surface area contributed by atoms with Gasteiger partial charge in [0.25, 0.3) is 0 Å². The first-order valence-electron chi connectivity index (χ1n) is 7.32. The van der Waals surface area contributed by atoms with Crippen LogP contribution in [-0.2, 0) is 20.7 Å². The third-order valence-corrected chi connectivity index (χ3v) is 3.69. The molecule has 2 atom stereocenters. The largest absolute Gasteiger partial charge is 0.479 e. The average Bonchev–Trinajstić information content (AvgIpc) is 2.47. The first-order chi connectivity index (χ1) is 10.5. The quantitative estimate of drug-likeness (QED) is 0.899. The standard InChI is InChI=1S/C16H20FNO4/c1-11(7-12-3-2-4-13(17)9-12)8-15(19)18-5-6-22-14(10-18)16(20)21/h2-4,9,11,14H,5-8,10H2,1H3,(H,20,21)/t11-,14+/m1/s1. The van der Waals surface area contributed by atoms with Crippen LogP contribution in [0.15, 0.2) is 24.3 Å². The summed E-state index contributed by atoms with van der Waals surface area (Å²) in [6, 6.07) is 6.34. The highest BCUT2D eigenvalue weighted by molar-refractivity contribution is 5.78. The molecule has 1 N–H and O–H groups in total. The first kappa shape index (κ1) is 16.4. The maximum atomic E-state index is 13.1. The number of morpholine rings is 1. The number of aliphatic carboxylic acids is 1. The fraction of sp³-hybridized carbons (Fsp3) is 0.500. The zero-order valence-electron chi connectivity index (χ0n) is 12.5. The molecular weight excluding hydrogens is 289 g/mol. The fourth-order valence-electron chi connectivity index (χ4n) is 2.59. The Morgan fingerprint density at radius 1 is 1.50 bits per heavy atom. The SMILES string of the molecule is C[C@@H](CC(=O)N1CCO[C@H](C(=O)O)C1)Cc1cccc(F)c1. The molecule has 5 nitrogen and oxygen atoms in total. The molecule has 0 bridgehead atoms. The lowest BCUT2D eigenvalue weighted by atomic mass is 9.97. The van der Waals surface area contributed by atoms with Crippen molar-refractivity contribution in [3.63, 3.8) is 0 Å². The minimum atomic E-state index is -1.05. The summed E-state index contributed by atoms with van der Waals surface area (Å²) in [4.78, 5) is 24.7. The Hall–Kier alpha value is -1.95. The van der Waals surface area contributed by atoms with Gasteiger partial charge < -0.3 is 14.7 Å². The van der Waals surface area contributed by atoms with Crippen LogP contribution in [0.1, 0.15) is 18.9 Å². The maximum absolute atomic E-state index is 13.1. The van der Waals surface area contributed by atoms with Crippen molar-refractivity contribution in [3.8, 4) is 0 Å². The van der Waals surface area contributed by atoms with Crippen LogP contribution in [0, 0.1) is 11.7 Å². The number of hydrogen-bond acceptors (Lipinski definition) is 3. The van der Waals surface area contributed by atoms with Gasteiger partial charge in [-0.25, -0.2) is 9.18 Å². The Labute approximate surface area is 128 Å². The molecule has 1 aliphatic heterocycles. The summed E-state index contributed by atoms with van der Waals surface area (Å²) in [5, 5.41) is 8.94. The number of amides is 1. The van der Waals surface area contributed by atoms with Gasteiger partial charge in [0.1, 0.15) is 5.82 Å². The smallest absolute Gasteiger partial charge is 0.334 e. The number of halogens is 1. The Bertz CT molecular complexity index is 549. The molecule has 6 heteroatoms. The summed E-state index contributed by atoms with van der Waals surface area (Å²) in [6.45, 7) is 2.66. The Morgan fingerprint density at radius 2 is 2.27 bits per heavy atom. The van der Waals surface area contributed by atoms with Gasteiger partial charge in [-0.15, -0.1) is 0 Å². The molecule has 0 aliphatic carbocycles. The molecule has 0 unspecified atom stereocenters. The molecule has 0 radical (unpaired) electrons. The third-order valence-electron chi connectivity index (χ3n) is 3.69. The minimum absolute atomic E-state index is 0.0559. The van der Waals surface area contributed by atoms with Crippen LogP contribution in [0.3, 0.4) is 0 Å². The van der Waals surface area contributed by atoms with Crippen molar-refractivity contribution < 1.29 is 23.8 Å². The Kier molecular flexibility index (Phi) is 5.49. The topological polar surface area (TPSA) is 66.8 Å². The summed E-state index contributed by atoms with van der Waals surface area (Å²) >= 11 is 0. The van der Waals surface area contributed by atoms with Crippen molar-refractivity contribution in [1.29, 1.82) is 0 Å². The number of carboxylic acid groups (broad SMARTS) is 1. The highest BCUT2D eigenvalue weighted by atomic mass is 19.1. The summed E-state index contributed by atoms with van der Waals surface area (Å²) < 4.78 is 18.2. The minimum Gasteiger partial charge on any atom is -0.479 e. The summed E-state index contributed by atoms with van der Waals surface area (Å²) in [5.41, 5.74) is 0.852. The number of carbonyl (C=O) groups is 2. The van der Waals surface area contributed by atoms with Crippen molar-refractivity contribution in [2.75, 3.05) is 19.7 Å². The second-order valence-electron chi connectivity index (χ2n) is 5.68. The summed E-state index contributed by atoms with van der Waals surface area (Å²) in [7, 11) is 0. The first-order valence-corrected chi connectivity index (χ1v) is 7.32. The van der Waals surface area contributed by atoms with Crippen LogP contribution < -0.4 is 0 Å². The third kappa shape index (κ3) is 4.53. The molecule has 1 aliphatic rings. The summed E-state index contributed by atoms with van der Waals surface area (Å²) in [6.07, 6.45) is -0.0322. The zero-order valence-corrected chi connectivity index (χ0v) is 12.5. The number of benzene rings is 1. The van der Waals surface area contributed by atoms with E-state index in [2.05, 4.69) is 0 Å². The van der Waals surface area contributed by atoms with Crippen LogP contribution in [0.4, 0.5) is 4.39 Å². The van der Waals surface area contributed by atoms with E-state index < -0.39 is 12.1 Å². The molecule has 1 amide bonds. The highest BCUT2D eigenvalue weighted by Crippen LogP contribution is 2.16. The predicted molar refractivity (Wildman–Crippen MR) is 77.8 cm³/mol. The second-order valence-corrected chi connectivity index (χ2v) is 5.68. The van der Waals surface area contributed by atoms with E-state index in [-0.39, 0.29) is 30.8 Å². The van der Waals surface area contributed by atoms with Crippen molar-refractivity contribution in [2.24, 2.45) is 5.92 Å². The Morgan fingerprint density at radius 3 is 2.95 bits per heavy atom. The molecule has 22 heavy (non-hydrogen) atoms. The number of carbonyl (C=O) groups excluding carboxylic acids is 1. The van der Waals surface area contributed by atoms with Crippen LogP contribution in [-0.4, -0.2) is 47.7 Å². The normalized spacial score (nSPS) is 19.7. The molecule has 2 rings (SSSR count). The van der Waals surface area contributed by atoms with E-state index in [0.717, 1.165) is 5.56 Å². The van der Waals surface area contributed by atoms with E-state index in [1.54, 1.807) is 6.07 Å². The van der Waals surface area contributed by atoms with Crippen molar-refractivity contribution in [1.82, 2.24) is 4.90 Å². The fourth-order valence-corrected chi connectivity index (χ4v) is 2.59. The monoisotopic (exact) mass is 309 g/mol.